The van der Waals surface area contributed by atoms with Gasteiger partial charge < -0.3 is 19.5 Å². The number of esters is 1. The number of nitrogens with zero attached hydrogens (tertiary/aromatic N) is 2. The zero-order valence-electron chi connectivity index (χ0n) is 16.1. The fourth-order valence-corrected chi connectivity index (χ4v) is 3.01. The zero-order valence-corrected chi connectivity index (χ0v) is 16.1. The Morgan fingerprint density at radius 1 is 1.24 bits per heavy atom. The van der Waals surface area contributed by atoms with E-state index < -0.39 is 5.97 Å². The molecular weight excluding hydrogens is 318 g/mol. The Morgan fingerprint density at radius 3 is 2.40 bits per heavy atom. The Morgan fingerprint density at radius 2 is 1.88 bits per heavy atom. The van der Waals surface area contributed by atoms with Gasteiger partial charge in [-0.15, -0.1) is 6.58 Å². The number of allylic oxidation sites excluding steroid dienone is 1. The molecule has 140 valence electrons. The fraction of sp³-hybridized carbons (Fsp3) is 0.579. The highest BCUT2D eigenvalue weighted by atomic mass is 16.5. The molecule has 1 aromatic heterocycles. The maximum atomic E-state index is 12.7. The van der Waals surface area contributed by atoms with Gasteiger partial charge in [-0.2, -0.15) is 0 Å². The summed E-state index contributed by atoms with van der Waals surface area (Å²) >= 11 is 0. The monoisotopic (exact) mass is 349 g/mol. The fourth-order valence-electron chi connectivity index (χ4n) is 3.01. The number of hydrogen-bond donors (Lipinski definition) is 1. The molecular formula is C19H31N3O3. The van der Waals surface area contributed by atoms with Gasteiger partial charge in [0.1, 0.15) is 5.69 Å². The van der Waals surface area contributed by atoms with E-state index in [4.69, 9.17) is 4.74 Å². The lowest BCUT2D eigenvalue weighted by Gasteiger charge is -2.18. The molecule has 0 saturated heterocycles. The summed E-state index contributed by atoms with van der Waals surface area (Å²) in [6.45, 7) is 17.4. The third-order valence-corrected chi connectivity index (χ3v) is 4.38. The van der Waals surface area contributed by atoms with Crippen LogP contribution in [-0.4, -0.2) is 54.1 Å². The number of ether oxygens (including phenoxy) is 1. The molecule has 0 radical (unpaired) electrons. The number of rotatable bonds is 10. The lowest BCUT2D eigenvalue weighted by atomic mass is 10.1. The van der Waals surface area contributed by atoms with Crippen molar-refractivity contribution in [2.45, 2.75) is 41.2 Å². The smallest absolute Gasteiger partial charge is 0.355 e. The summed E-state index contributed by atoms with van der Waals surface area (Å²) in [5.74, 6) is -0.567. The molecule has 6 nitrogen and oxygen atoms in total. The van der Waals surface area contributed by atoms with Gasteiger partial charge in [-0.3, -0.25) is 4.79 Å². The van der Waals surface area contributed by atoms with Gasteiger partial charge in [0.05, 0.1) is 12.2 Å². The van der Waals surface area contributed by atoms with Gasteiger partial charge >= 0.3 is 5.97 Å². The second-order valence-electron chi connectivity index (χ2n) is 5.84. The van der Waals surface area contributed by atoms with E-state index in [1.54, 1.807) is 24.5 Å². The van der Waals surface area contributed by atoms with E-state index in [0.29, 0.717) is 36.5 Å². The minimum Gasteiger partial charge on any atom is -0.461 e. The SMILES string of the molecule is C=CCn1c(C)c(C(=O)NCCN(CC)CC)c(C)c1C(=O)OCC. The third kappa shape index (κ3) is 4.95. The molecule has 0 bridgehead atoms. The maximum Gasteiger partial charge on any atom is 0.355 e. The Kier molecular flexibility index (Phi) is 8.41. The summed E-state index contributed by atoms with van der Waals surface area (Å²) in [6, 6.07) is 0. The first-order valence-corrected chi connectivity index (χ1v) is 8.90. The number of nitrogens with one attached hydrogen (secondary N) is 1. The lowest BCUT2D eigenvalue weighted by Crippen LogP contribution is -2.35. The molecule has 0 spiro atoms. The van der Waals surface area contributed by atoms with Gasteiger partial charge in [-0.1, -0.05) is 19.9 Å². The van der Waals surface area contributed by atoms with Gasteiger partial charge in [0.15, 0.2) is 0 Å². The Bertz CT molecular complexity index is 616. The molecule has 0 fully saturated rings. The molecule has 0 aliphatic rings. The summed E-state index contributed by atoms with van der Waals surface area (Å²) in [5.41, 5.74) is 2.37. The summed E-state index contributed by atoms with van der Waals surface area (Å²) in [5, 5.41) is 2.96. The highest BCUT2D eigenvalue weighted by Gasteiger charge is 2.26. The first kappa shape index (κ1) is 21.0. The van der Waals surface area contributed by atoms with E-state index in [1.165, 1.54) is 0 Å². The number of likely N-dealkylation sites (N-methyl/N-ethyl adjacent to an activating group) is 1. The maximum absolute atomic E-state index is 12.7. The average molecular weight is 349 g/mol. The number of carbonyl (C=O) groups is 2. The van der Waals surface area contributed by atoms with Crippen molar-refractivity contribution in [2.75, 3.05) is 32.8 Å². The minimum absolute atomic E-state index is 0.157. The average Bonchev–Trinajstić information content (AvgIpc) is 2.82. The van der Waals surface area contributed by atoms with Gasteiger partial charge in [0.25, 0.3) is 5.91 Å². The molecule has 1 aromatic rings. The van der Waals surface area contributed by atoms with Crippen LogP contribution in [0.3, 0.4) is 0 Å². The predicted octanol–water partition coefficient (Wildman–Crippen LogP) is 2.54. The standard InChI is InChI=1S/C19H31N3O3/c1-7-12-22-15(6)16(14(5)17(22)19(24)25-10-4)18(23)20-11-13-21(8-2)9-3/h7H,1,8-13H2,2-6H3,(H,20,23). The largest absolute Gasteiger partial charge is 0.461 e. The van der Waals surface area contributed by atoms with Crippen molar-refractivity contribution in [3.8, 4) is 0 Å². The third-order valence-electron chi connectivity index (χ3n) is 4.38. The van der Waals surface area contributed by atoms with Crippen molar-refractivity contribution in [1.82, 2.24) is 14.8 Å². The molecule has 1 heterocycles. The second kappa shape index (κ2) is 10.0. The van der Waals surface area contributed by atoms with Crippen molar-refractivity contribution in [1.29, 1.82) is 0 Å². The van der Waals surface area contributed by atoms with Crippen molar-refractivity contribution >= 4 is 11.9 Å². The van der Waals surface area contributed by atoms with Crippen molar-refractivity contribution in [2.24, 2.45) is 0 Å². The zero-order chi connectivity index (χ0) is 19.0. The van der Waals surface area contributed by atoms with Gasteiger partial charge in [-0.05, 0) is 39.4 Å². The van der Waals surface area contributed by atoms with E-state index in [1.807, 2.05) is 6.92 Å². The lowest BCUT2D eigenvalue weighted by molar-refractivity contribution is 0.0513. The highest BCUT2D eigenvalue weighted by Crippen LogP contribution is 2.23. The van der Waals surface area contributed by atoms with Crippen LogP contribution in [0.5, 0.6) is 0 Å². The van der Waals surface area contributed by atoms with Crippen LogP contribution >= 0.6 is 0 Å². The normalized spacial score (nSPS) is 10.8. The van der Waals surface area contributed by atoms with Crippen molar-refractivity contribution in [3.05, 3.63) is 35.2 Å². The van der Waals surface area contributed by atoms with Crippen LogP contribution in [0.2, 0.25) is 0 Å². The molecule has 0 unspecified atom stereocenters. The van der Waals surface area contributed by atoms with Gasteiger partial charge in [0.2, 0.25) is 0 Å². The number of aromatic nitrogens is 1. The van der Waals surface area contributed by atoms with Gasteiger partial charge in [0, 0.05) is 25.3 Å². The topological polar surface area (TPSA) is 63.6 Å². The molecule has 0 atom stereocenters. The molecule has 1 amide bonds. The minimum atomic E-state index is -0.410. The number of amides is 1. The van der Waals surface area contributed by atoms with Crippen LogP contribution in [0.25, 0.3) is 0 Å². The van der Waals surface area contributed by atoms with E-state index in [-0.39, 0.29) is 5.91 Å². The van der Waals surface area contributed by atoms with Crippen molar-refractivity contribution < 1.29 is 14.3 Å². The Balaban J connectivity index is 3.06. The summed E-state index contributed by atoms with van der Waals surface area (Å²) in [6.07, 6.45) is 1.71. The molecule has 0 aromatic carbocycles. The molecule has 1 rings (SSSR count). The predicted molar refractivity (Wildman–Crippen MR) is 100 cm³/mol. The number of hydrogen-bond acceptors (Lipinski definition) is 4. The quantitative estimate of drug-likeness (QED) is 0.521. The molecule has 25 heavy (non-hydrogen) atoms. The highest BCUT2D eigenvalue weighted by molar-refractivity contribution is 6.01. The van der Waals surface area contributed by atoms with E-state index in [0.717, 1.165) is 25.3 Å². The molecule has 0 aliphatic heterocycles. The molecule has 0 saturated carbocycles. The molecule has 1 N–H and O–H groups in total. The van der Waals surface area contributed by atoms with Crippen LogP contribution in [0, 0.1) is 13.8 Å². The Hall–Kier alpha value is -2.08. The molecule has 0 aliphatic carbocycles. The molecule has 6 heteroatoms. The van der Waals surface area contributed by atoms with Crippen LogP contribution in [0.4, 0.5) is 0 Å². The van der Waals surface area contributed by atoms with E-state index in [9.17, 15) is 9.59 Å². The Labute approximate surface area is 150 Å². The van der Waals surface area contributed by atoms with Crippen LogP contribution in [0.1, 0.15) is 52.9 Å². The second-order valence-corrected chi connectivity index (χ2v) is 5.84. The van der Waals surface area contributed by atoms with E-state index in [2.05, 4.69) is 30.6 Å². The first-order valence-electron chi connectivity index (χ1n) is 8.90. The van der Waals surface area contributed by atoms with Gasteiger partial charge in [-0.25, -0.2) is 4.79 Å². The van der Waals surface area contributed by atoms with Crippen LogP contribution in [0.15, 0.2) is 12.7 Å². The van der Waals surface area contributed by atoms with Crippen molar-refractivity contribution in [3.63, 3.8) is 0 Å². The number of carbonyl (C=O) groups excluding carboxylic acids is 2. The summed E-state index contributed by atoms with van der Waals surface area (Å²) < 4.78 is 6.94. The van der Waals surface area contributed by atoms with Crippen LogP contribution < -0.4 is 5.32 Å². The van der Waals surface area contributed by atoms with E-state index >= 15 is 0 Å². The summed E-state index contributed by atoms with van der Waals surface area (Å²) in [7, 11) is 0. The summed E-state index contributed by atoms with van der Waals surface area (Å²) in [4.78, 5) is 27.2. The van der Waals surface area contributed by atoms with Crippen LogP contribution in [-0.2, 0) is 11.3 Å². The first-order chi connectivity index (χ1) is 11.9.